The van der Waals surface area contributed by atoms with Crippen LogP contribution in [-0.2, 0) is 13.6 Å². The van der Waals surface area contributed by atoms with E-state index in [1.807, 2.05) is 25.2 Å². The summed E-state index contributed by atoms with van der Waals surface area (Å²) in [5, 5.41) is 8.41. The number of benzene rings is 1. The number of nitrogens with zero attached hydrogens (tertiary/aromatic N) is 4. The molecule has 0 radical (unpaired) electrons. The topological polar surface area (TPSA) is 74.1 Å². The Labute approximate surface area is 120 Å². The first-order valence-corrected chi connectivity index (χ1v) is 6.56. The minimum atomic E-state index is 0.286. The molecule has 3 aromatic rings. The van der Waals surface area contributed by atoms with E-state index in [4.69, 9.17) is 9.47 Å². The molecular formula is C14H13N5O2. The Bertz CT molecular complexity index is 814. The van der Waals surface area contributed by atoms with E-state index in [1.165, 1.54) is 6.33 Å². The van der Waals surface area contributed by atoms with E-state index >= 15 is 0 Å². The molecule has 7 heteroatoms. The molecule has 0 amide bonds. The molecule has 3 heterocycles. The third-order valence-corrected chi connectivity index (χ3v) is 3.43. The second-order valence-corrected chi connectivity index (χ2v) is 4.77. The number of hydrogen-bond acceptors (Lipinski definition) is 6. The summed E-state index contributed by atoms with van der Waals surface area (Å²) in [6.45, 7) is 0.923. The highest BCUT2D eigenvalue weighted by atomic mass is 16.7. The molecule has 0 aliphatic carbocycles. The predicted octanol–water partition coefficient (Wildman–Crippen LogP) is 1.70. The smallest absolute Gasteiger partial charge is 0.231 e. The lowest BCUT2D eigenvalue weighted by Gasteiger charge is -2.07. The van der Waals surface area contributed by atoms with Gasteiger partial charge in [-0.2, -0.15) is 5.10 Å². The van der Waals surface area contributed by atoms with Gasteiger partial charge in [-0.15, -0.1) is 0 Å². The number of rotatable bonds is 3. The molecule has 21 heavy (non-hydrogen) atoms. The number of nitrogens with one attached hydrogen (secondary N) is 1. The van der Waals surface area contributed by atoms with Crippen LogP contribution in [-0.4, -0.2) is 26.5 Å². The van der Waals surface area contributed by atoms with Gasteiger partial charge in [0.05, 0.1) is 11.6 Å². The average molecular weight is 283 g/mol. The molecule has 7 nitrogen and oxygen atoms in total. The van der Waals surface area contributed by atoms with Crippen molar-refractivity contribution in [2.45, 2.75) is 6.54 Å². The summed E-state index contributed by atoms with van der Waals surface area (Å²) >= 11 is 0. The van der Waals surface area contributed by atoms with Crippen molar-refractivity contribution in [1.82, 2.24) is 19.7 Å². The van der Waals surface area contributed by atoms with Crippen molar-refractivity contribution in [3.05, 3.63) is 36.3 Å². The number of aromatic nitrogens is 4. The van der Waals surface area contributed by atoms with Crippen LogP contribution in [0.15, 0.2) is 30.7 Å². The number of ether oxygens (including phenoxy) is 2. The first-order valence-electron chi connectivity index (χ1n) is 6.56. The fraction of sp³-hybridized carbons (Fsp3) is 0.214. The molecule has 0 atom stereocenters. The Hall–Kier alpha value is -2.83. The van der Waals surface area contributed by atoms with Crippen LogP contribution in [0.2, 0.25) is 0 Å². The molecule has 2 aromatic heterocycles. The molecule has 1 aromatic carbocycles. The highest BCUT2D eigenvalue weighted by Gasteiger charge is 2.13. The van der Waals surface area contributed by atoms with Gasteiger partial charge in [0.15, 0.2) is 17.1 Å². The highest BCUT2D eigenvalue weighted by Crippen LogP contribution is 2.32. The second kappa shape index (κ2) is 4.62. The van der Waals surface area contributed by atoms with Crippen LogP contribution in [0, 0.1) is 0 Å². The molecule has 1 aliphatic rings. The van der Waals surface area contributed by atoms with Crippen molar-refractivity contribution in [3.8, 4) is 11.5 Å². The second-order valence-electron chi connectivity index (χ2n) is 4.77. The van der Waals surface area contributed by atoms with Gasteiger partial charge in [0.2, 0.25) is 6.79 Å². The Morgan fingerprint density at radius 1 is 1.24 bits per heavy atom. The van der Waals surface area contributed by atoms with Crippen molar-refractivity contribution in [3.63, 3.8) is 0 Å². The third-order valence-electron chi connectivity index (χ3n) is 3.43. The van der Waals surface area contributed by atoms with Crippen molar-refractivity contribution < 1.29 is 9.47 Å². The average Bonchev–Trinajstić information content (AvgIpc) is 3.12. The van der Waals surface area contributed by atoms with Crippen molar-refractivity contribution >= 4 is 16.9 Å². The SMILES string of the molecule is Cn1ncc2c(NCc3ccc4c(c3)OCO4)ncnc21. The number of fused-ring (bicyclic) bond motifs is 2. The van der Waals surface area contributed by atoms with E-state index in [2.05, 4.69) is 20.4 Å². The maximum absolute atomic E-state index is 5.38. The standard InChI is InChI=1S/C14H13N5O2/c1-19-14-10(6-18-19)13(16-7-17-14)15-5-9-2-3-11-12(4-9)21-8-20-11/h2-4,6-7H,5,8H2,1H3,(H,15,16,17). The summed E-state index contributed by atoms with van der Waals surface area (Å²) in [5.74, 6) is 2.34. The van der Waals surface area contributed by atoms with Crippen LogP contribution < -0.4 is 14.8 Å². The summed E-state index contributed by atoms with van der Waals surface area (Å²) in [7, 11) is 1.86. The van der Waals surface area contributed by atoms with Crippen molar-refractivity contribution in [1.29, 1.82) is 0 Å². The van der Waals surface area contributed by atoms with E-state index in [0.29, 0.717) is 6.54 Å². The van der Waals surface area contributed by atoms with E-state index in [1.54, 1.807) is 10.9 Å². The molecule has 106 valence electrons. The van der Waals surface area contributed by atoms with Gasteiger partial charge in [-0.05, 0) is 17.7 Å². The molecule has 0 saturated carbocycles. The minimum Gasteiger partial charge on any atom is -0.454 e. The summed E-state index contributed by atoms with van der Waals surface area (Å²) in [6, 6.07) is 5.89. The Morgan fingerprint density at radius 2 is 2.14 bits per heavy atom. The summed E-state index contributed by atoms with van der Waals surface area (Å²) < 4.78 is 12.4. The monoisotopic (exact) mass is 283 g/mol. The number of hydrogen-bond donors (Lipinski definition) is 1. The zero-order chi connectivity index (χ0) is 14.2. The molecule has 4 rings (SSSR count). The minimum absolute atomic E-state index is 0.286. The maximum Gasteiger partial charge on any atom is 0.231 e. The number of anilines is 1. The largest absolute Gasteiger partial charge is 0.454 e. The lowest BCUT2D eigenvalue weighted by atomic mass is 10.2. The van der Waals surface area contributed by atoms with Crippen molar-refractivity contribution in [2.24, 2.45) is 7.05 Å². The zero-order valence-corrected chi connectivity index (χ0v) is 11.4. The zero-order valence-electron chi connectivity index (χ0n) is 11.4. The molecule has 1 N–H and O–H groups in total. The summed E-state index contributed by atoms with van der Waals surface area (Å²) in [6.07, 6.45) is 3.29. The quantitative estimate of drug-likeness (QED) is 0.788. The predicted molar refractivity (Wildman–Crippen MR) is 76.2 cm³/mol. The summed E-state index contributed by atoms with van der Waals surface area (Å²) in [4.78, 5) is 8.49. The van der Waals surface area contributed by atoms with E-state index in [9.17, 15) is 0 Å². The summed E-state index contributed by atoms with van der Waals surface area (Å²) in [5.41, 5.74) is 1.90. The van der Waals surface area contributed by atoms with Gasteiger partial charge in [-0.1, -0.05) is 6.07 Å². The molecule has 0 bridgehead atoms. The van der Waals surface area contributed by atoms with Crippen LogP contribution in [0.5, 0.6) is 11.5 Å². The highest BCUT2D eigenvalue weighted by molar-refractivity contribution is 5.85. The van der Waals surface area contributed by atoms with Crippen LogP contribution in [0.4, 0.5) is 5.82 Å². The van der Waals surface area contributed by atoms with Gasteiger partial charge in [0.25, 0.3) is 0 Å². The normalized spacial score (nSPS) is 12.8. The van der Waals surface area contributed by atoms with Gasteiger partial charge in [0, 0.05) is 13.6 Å². The molecule has 1 aliphatic heterocycles. The van der Waals surface area contributed by atoms with Crippen molar-refractivity contribution in [2.75, 3.05) is 12.1 Å². The van der Waals surface area contributed by atoms with Gasteiger partial charge in [0.1, 0.15) is 12.1 Å². The lowest BCUT2D eigenvalue weighted by Crippen LogP contribution is -2.02. The van der Waals surface area contributed by atoms with Crippen LogP contribution in [0.1, 0.15) is 5.56 Å². The van der Waals surface area contributed by atoms with E-state index in [0.717, 1.165) is 33.9 Å². The van der Waals surface area contributed by atoms with Gasteiger partial charge < -0.3 is 14.8 Å². The van der Waals surface area contributed by atoms with Crippen LogP contribution in [0.3, 0.4) is 0 Å². The third kappa shape index (κ3) is 2.03. The Balaban J connectivity index is 1.58. The van der Waals surface area contributed by atoms with Gasteiger partial charge >= 0.3 is 0 Å². The fourth-order valence-electron chi connectivity index (χ4n) is 2.34. The van der Waals surface area contributed by atoms with Gasteiger partial charge in [-0.3, -0.25) is 4.68 Å². The fourth-order valence-corrected chi connectivity index (χ4v) is 2.34. The molecule has 0 fully saturated rings. The molecular weight excluding hydrogens is 270 g/mol. The van der Waals surface area contributed by atoms with E-state index < -0.39 is 0 Å². The lowest BCUT2D eigenvalue weighted by molar-refractivity contribution is 0.174. The first-order chi connectivity index (χ1) is 10.3. The molecule has 0 spiro atoms. The Morgan fingerprint density at radius 3 is 3.10 bits per heavy atom. The van der Waals surface area contributed by atoms with Gasteiger partial charge in [-0.25, -0.2) is 9.97 Å². The molecule has 0 unspecified atom stereocenters. The maximum atomic E-state index is 5.38. The number of aryl methyl sites for hydroxylation is 1. The van der Waals surface area contributed by atoms with Crippen LogP contribution in [0.25, 0.3) is 11.0 Å². The first kappa shape index (κ1) is 12.0. The van der Waals surface area contributed by atoms with Crippen LogP contribution >= 0.6 is 0 Å². The Kier molecular flexibility index (Phi) is 2.63. The van der Waals surface area contributed by atoms with E-state index in [-0.39, 0.29) is 6.79 Å². The molecule has 0 saturated heterocycles.